The van der Waals surface area contributed by atoms with Gasteiger partial charge < -0.3 is 14.5 Å². The Labute approximate surface area is 176 Å². The van der Waals surface area contributed by atoms with Crippen LogP contribution in [-0.4, -0.2) is 63.5 Å². The van der Waals surface area contributed by atoms with Crippen molar-refractivity contribution in [3.8, 4) is 5.75 Å². The monoisotopic (exact) mass is 413 g/mol. The molecule has 1 aromatic carbocycles. The van der Waals surface area contributed by atoms with E-state index in [-0.39, 0.29) is 12.5 Å². The lowest BCUT2D eigenvalue weighted by Crippen LogP contribution is -2.46. The SMILES string of the molecule is CN1CCCC1CCN1C(=O)COc2cc([N+](C)(C)C(=N)c3cccs3)ccc21. The average Bonchev–Trinajstić information content (AvgIpc) is 3.38. The van der Waals surface area contributed by atoms with Gasteiger partial charge in [0.25, 0.3) is 5.91 Å². The number of likely N-dealkylation sites (tertiary alicyclic amines) is 1. The Kier molecular flexibility index (Phi) is 5.46. The van der Waals surface area contributed by atoms with Crippen LogP contribution in [0.25, 0.3) is 0 Å². The smallest absolute Gasteiger partial charge is 0.265 e. The number of carbonyl (C=O) groups excluding carboxylic acids is 1. The van der Waals surface area contributed by atoms with E-state index < -0.39 is 0 Å². The standard InChI is InChI=1S/C22H29N4O2S/c1-24-11-4-6-16(24)10-12-25-18-9-8-17(14-19(18)28-15-21(25)27)26(2,3)22(23)20-7-5-13-29-20/h5,7-9,13-14,16,23H,4,6,10-12,15H2,1-3H3/q+1. The molecule has 0 saturated carbocycles. The van der Waals surface area contributed by atoms with Crippen molar-refractivity contribution in [3.05, 3.63) is 40.6 Å². The molecule has 1 fully saturated rings. The Morgan fingerprint density at radius 3 is 2.86 bits per heavy atom. The Balaban J connectivity index is 1.56. The van der Waals surface area contributed by atoms with Gasteiger partial charge in [0.2, 0.25) is 5.84 Å². The summed E-state index contributed by atoms with van der Waals surface area (Å²) >= 11 is 1.57. The minimum atomic E-state index is 0.0194. The van der Waals surface area contributed by atoms with Crippen molar-refractivity contribution >= 4 is 34.5 Å². The first-order valence-corrected chi connectivity index (χ1v) is 11.0. The van der Waals surface area contributed by atoms with E-state index in [0.717, 1.165) is 35.0 Å². The molecular formula is C22H29N4O2S+. The zero-order valence-electron chi connectivity index (χ0n) is 17.4. The lowest BCUT2D eigenvalue weighted by Gasteiger charge is -2.33. The second kappa shape index (κ2) is 7.89. The van der Waals surface area contributed by atoms with E-state index in [1.165, 1.54) is 12.8 Å². The number of thiophene rings is 1. The Hall–Kier alpha value is -2.22. The molecule has 7 heteroatoms. The summed E-state index contributed by atoms with van der Waals surface area (Å²) in [6.07, 6.45) is 3.42. The molecule has 3 heterocycles. The predicted octanol–water partition coefficient (Wildman–Crippen LogP) is 3.55. The van der Waals surface area contributed by atoms with Crippen molar-refractivity contribution < 1.29 is 9.53 Å². The lowest BCUT2D eigenvalue weighted by molar-refractivity contribution is -0.121. The summed E-state index contributed by atoms with van der Waals surface area (Å²) < 4.78 is 6.10. The van der Waals surface area contributed by atoms with Gasteiger partial charge in [0.1, 0.15) is 16.3 Å². The van der Waals surface area contributed by atoms with Crippen LogP contribution in [-0.2, 0) is 4.79 Å². The first-order valence-electron chi connectivity index (χ1n) is 10.1. The molecule has 2 aliphatic heterocycles. The number of anilines is 1. The Bertz CT molecular complexity index is 910. The van der Waals surface area contributed by atoms with E-state index in [1.807, 2.05) is 54.7 Å². The molecule has 1 aromatic heterocycles. The van der Waals surface area contributed by atoms with E-state index in [0.29, 0.717) is 22.9 Å². The molecule has 6 nitrogen and oxygen atoms in total. The first-order chi connectivity index (χ1) is 13.9. The van der Waals surface area contributed by atoms with Crippen LogP contribution in [0.5, 0.6) is 5.75 Å². The molecule has 1 atom stereocenters. The highest BCUT2D eigenvalue weighted by atomic mass is 32.1. The summed E-state index contributed by atoms with van der Waals surface area (Å²) in [5.41, 5.74) is 1.81. The number of ether oxygens (including phenoxy) is 1. The minimum Gasteiger partial charge on any atom is -0.481 e. The highest BCUT2D eigenvalue weighted by molar-refractivity contribution is 7.12. The summed E-state index contributed by atoms with van der Waals surface area (Å²) in [7, 11) is 6.18. The average molecular weight is 414 g/mol. The van der Waals surface area contributed by atoms with Gasteiger partial charge in [0.05, 0.1) is 19.8 Å². The largest absolute Gasteiger partial charge is 0.481 e. The number of rotatable bonds is 5. The normalized spacial score (nSPS) is 19.9. The summed E-state index contributed by atoms with van der Waals surface area (Å²) in [6.45, 7) is 1.93. The molecule has 1 N–H and O–H groups in total. The highest BCUT2D eigenvalue weighted by Crippen LogP contribution is 2.38. The minimum absolute atomic E-state index is 0.0194. The molecule has 1 unspecified atom stereocenters. The number of fused-ring (bicyclic) bond motifs is 1. The number of carbonyl (C=O) groups is 1. The number of nitrogens with zero attached hydrogens (tertiary/aromatic N) is 3. The number of nitrogens with one attached hydrogen (secondary N) is 1. The molecule has 1 saturated heterocycles. The zero-order chi connectivity index (χ0) is 20.6. The summed E-state index contributed by atoms with van der Waals surface area (Å²) in [4.78, 5) is 17.8. The van der Waals surface area contributed by atoms with Crippen LogP contribution in [0, 0.1) is 5.41 Å². The number of hydrogen-bond donors (Lipinski definition) is 1. The lowest BCUT2D eigenvalue weighted by atomic mass is 10.1. The fraction of sp³-hybridized carbons (Fsp3) is 0.455. The highest BCUT2D eigenvalue weighted by Gasteiger charge is 2.33. The van der Waals surface area contributed by atoms with Crippen molar-refractivity contribution in [2.75, 3.05) is 45.7 Å². The zero-order valence-corrected chi connectivity index (χ0v) is 18.2. The third-order valence-electron chi connectivity index (χ3n) is 6.20. The maximum Gasteiger partial charge on any atom is 0.265 e. The van der Waals surface area contributed by atoms with Crippen molar-refractivity contribution in [2.45, 2.75) is 25.3 Å². The van der Waals surface area contributed by atoms with Crippen LogP contribution in [0.3, 0.4) is 0 Å². The maximum atomic E-state index is 12.5. The van der Waals surface area contributed by atoms with Crippen LogP contribution in [0.1, 0.15) is 24.1 Å². The van der Waals surface area contributed by atoms with E-state index >= 15 is 0 Å². The van der Waals surface area contributed by atoms with Gasteiger partial charge in [0.15, 0.2) is 6.61 Å². The van der Waals surface area contributed by atoms with Gasteiger partial charge in [-0.15, -0.1) is 11.3 Å². The Morgan fingerprint density at radius 2 is 2.17 bits per heavy atom. The Morgan fingerprint density at radius 1 is 1.34 bits per heavy atom. The fourth-order valence-electron chi connectivity index (χ4n) is 4.23. The van der Waals surface area contributed by atoms with Crippen LogP contribution < -0.4 is 14.1 Å². The maximum absolute atomic E-state index is 12.5. The van der Waals surface area contributed by atoms with Gasteiger partial charge in [-0.1, -0.05) is 6.07 Å². The molecule has 29 heavy (non-hydrogen) atoms. The molecule has 1 amide bonds. The van der Waals surface area contributed by atoms with Gasteiger partial charge >= 0.3 is 0 Å². The van der Waals surface area contributed by atoms with Crippen molar-refractivity contribution in [1.82, 2.24) is 9.38 Å². The topological polar surface area (TPSA) is 56.6 Å². The van der Waals surface area contributed by atoms with E-state index in [2.05, 4.69) is 11.9 Å². The second-order valence-corrected chi connectivity index (χ2v) is 9.28. The van der Waals surface area contributed by atoms with Gasteiger partial charge in [0, 0.05) is 24.7 Å². The van der Waals surface area contributed by atoms with Gasteiger partial charge in [-0.05, 0) is 50.4 Å². The molecule has 0 radical (unpaired) electrons. The summed E-state index contributed by atoms with van der Waals surface area (Å²) in [5, 5.41) is 10.6. The predicted molar refractivity (Wildman–Crippen MR) is 119 cm³/mol. The van der Waals surface area contributed by atoms with Crippen LogP contribution in [0.15, 0.2) is 35.7 Å². The number of benzene rings is 1. The number of hydrogen-bond acceptors (Lipinski definition) is 5. The van der Waals surface area contributed by atoms with E-state index in [9.17, 15) is 4.79 Å². The molecular weight excluding hydrogens is 384 g/mol. The van der Waals surface area contributed by atoms with E-state index in [1.54, 1.807) is 11.3 Å². The molecule has 4 rings (SSSR count). The van der Waals surface area contributed by atoms with Crippen molar-refractivity contribution in [3.63, 3.8) is 0 Å². The summed E-state index contributed by atoms with van der Waals surface area (Å²) in [5.74, 6) is 1.28. The van der Waals surface area contributed by atoms with Crippen LogP contribution in [0.4, 0.5) is 11.4 Å². The first kappa shape index (κ1) is 20.1. The van der Waals surface area contributed by atoms with Gasteiger partial charge in [-0.3, -0.25) is 4.79 Å². The van der Waals surface area contributed by atoms with E-state index in [4.69, 9.17) is 10.1 Å². The number of quaternary nitrogens is 1. The molecule has 0 bridgehead atoms. The van der Waals surface area contributed by atoms with Gasteiger partial charge in [-0.2, -0.15) is 0 Å². The molecule has 154 valence electrons. The second-order valence-electron chi connectivity index (χ2n) is 8.33. The fourth-order valence-corrected chi connectivity index (χ4v) is 5.03. The molecule has 2 aliphatic rings. The number of amides is 1. The molecule has 2 aromatic rings. The van der Waals surface area contributed by atoms with Crippen LogP contribution in [0.2, 0.25) is 0 Å². The molecule has 0 aliphatic carbocycles. The van der Waals surface area contributed by atoms with Gasteiger partial charge in [-0.25, -0.2) is 9.89 Å². The quantitative estimate of drug-likeness (QED) is 0.463. The van der Waals surface area contributed by atoms with Crippen LogP contribution >= 0.6 is 11.3 Å². The third kappa shape index (κ3) is 3.82. The van der Waals surface area contributed by atoms with Crippen molar-refractivity contribution in [1.29, 1.82) is 5.41 Å². The third-order valence-corrected chi connectivity index (χ3v) is 7.08. The summed E-state index contributed by atoms with van der Waals surface area (Å²) in [6, 6.07) is 10.5. The molecule has 0 spiro atoms. The van der Waals surface area contributed by atoms with Crippen molar-refractivity contribution in [2.24, 2.45) is 0 Å². The number of amidine groups is 1.